The van der Waals surface area contributed by atoms with E-state index >= 15 is 0 Å². The summed E-state index contributed by atoms with van der Waals surface area (Å²) in [6.07, 6.45) is 8.34. The van der Waals surface area contributed by atoms with E-state index in [1.807, 2.05) is 0 Å². The number of nitrogens with one attached hydrogen (secondary N) is 1. The molecule has 0 aromatic heterocycles. The summed E-state index contributed by atoms with van der Waals surface area (Å²) < 4.78 is 5.61. The fourth-order valence-corrected chi connectivity index (χ4v) is 3.43. The van der Waals surface area contributed by atoms with E-state index < -0.39 is 0 Å². The second-order valence-corrected chi connectivity index (χ2v) is 7.00. The molecule has 0 radical (unpaired) electrons. The number of ether oxygens (including phenoxy) is 1. The highest BCUT2D eigenvalue weighted by Gasteiger charge is 2.40. The lowest BCUT2D eigenvalue weighted by Crippen LogP contribution is -2.48. The van der Waals surface area contributed by atoms with Gasteiger partial charge in [0.25, 0.3) is 0 Å². The van der Waals surface area contributed by atoms with Gasteiger partial charge in [0.2, 0.25) is 0 Å². The standard InChI is InChI=1S/C16H30N2O/c1-2-17-12-16(7-9-19-10-8-16)13-18(15-5-6-15)11-14-3-4-14/h14-15,17H,2-13H2,1H3. The average Bonchev–Trinajstić information content (AvgIpc) is 3.28. The number of hydrogen-bond donors (Lipinski definition) is 1. The Morgan fingerprint density at radius 2 is 1.89 bits per heavy atom. The summed E-state index contributed by atoms with van der Waals surface area (Å²) in [6, 6.07) is 0.918. The van der Waals surface area contributed by atoms with Gasteiger partial charge in [-0.05, 0) is 56.4 Å². The Morgan fingerprint density at radius 3 is 2.47 bits per heavy atom. The molecule has 3 aliphatic rings. The minimum absolute atomic E-state index is 0.478. The highest BCUT2D eigenvalue weighted by molar-refractivity contribution is 4.94. The summed E-state index contributed by atoms with van der Waals surface area (Å²) in [5.41, 5.74) is 0.478. The highest BCUT2D eigenvalue weighted by Crippen LogP contribution is 2.39. The maximum atomic E-state index is 5.61. The quantitative estimate of drug-likeness (QED) is 0.729. The predicted molar refractivity (Wildman–Crippen MR) is 78.3 cm³/mol. The molecule has 1 saturated heterocycles. The summed E-state index contributed by atoms with van der Waals surface area (Å²) in [6.45, 7) is 9.11. The van der Waals surface area contributed by atoms with Crippen LogP contribution in [0.5, 0.6) is 0 Å². The molecule has 3 heteroatoms. The van der Waals surface area contributed by atoms with Crippen LogP contribution in [0.1, 0.15) is 45.4 Å². The summed E-state index contributed by atoms with van der Waals surface area (Å²) in [4.78, 5) is 2.83. The molecular formula is C16H30N2O. The molecule has 3 rings (SSSR count). The summed E-state index contributed by atoms with van der Waals surface area (Å²) in [5.74, 6) is 1.02. The lowest BCUT2D eigenvalue weighted by atomic mass is 9.79. The monoisotopic (exact) mass is 266 g/mol. The Morgan fingerprint density at radius 1 is 1.16 bits per heavy atom. The molecule has 3 fully saturated rings. The molecule has 19 heavy (non-hydrogen) atoms. The lowest BCUT2D eigenvalue weighted by molar-refractivity contribution is -0.00636. The first-order chi connectivity index (χ1) is 9.31. The van der Waals surface area contributed by atoms with Crippen LogP contribution in [0, 0.1) is 11.3 Å². The minimum atomic E-state index is 0.478. The van der Waals surface area contributed by atoms with E-state index in [4.69, 9.17) is 4.74 Å². The van der Waals surface area contributed by atoms with Gasteiger partial charge in [-0.3, -0.25) is 4.90 Å². The first-order valence-electron chi connectivity index (χ1n) is 8.34. The largest absolute Gasteiger partial charge is 0.381 e. The van der Waals surface area contributed by atoms with Crippen molar-refractivity contribution in [3.63, 3.8) is 0 Å². The normalized spacial score (nSPS) is 26.8. The maximum absolute atomic E-state index is 5.61. The molecule has 0 aromatic rings. The summed E-state index contributed by atoms with van der Waals surface area (Å²) in [7, 11) is 0. The van der Waals surface area contributed by atoms with Crippen LogP contribution < -0.4 is 5.32 Å². The molecule has 0 aromatic carbocycles. The molecule has 2 saturated carbocycles. The molecule has 2 aliphatic carbocycles. The molecule has 1 N–H and O–H groups in total. The smallest absolute Gasteiger partial charge is 0.0472 e. The van der Waals surface area contributed by atoms with E-state index in [9.17, 15) is 0 Å². The molecular weight excluding hydrogens is 236 g/mol. The predicted octanol–water partition coefficient (Wildman–Crippen LogP) is 2.27. The zero-order chi connectivity index (χ0) is 13.1. The average molecular weight is 266 g/mol. The van der Waals surface area contributed by atoms with Crippen LogP contribution in [0.15, 0.2) is 0 Å². The van der Waals surface area contributed by atoms with Crippen molar-refractivity contribution < 1.29 is 4.74 Å². The van der Waals surface area contributed by atoms with Gasteiger partial charge in [-0.15, -0.1) is 0 Å². The zero-order valence-corrected chi connectivity index (χ0v) is 12.5. The molecule has 0 spiro atoms. The van der Waals surface area contributed by atoms with Gasteiger partial charge in [-0.1, -0.05) is 6.92 Å². The van der Waals surface area contributed by atoms with E-state index in [0.717, 1.165) is 31.7 Å². The highest BCUT2D eigenvalue weighted by atomic mass is 16.5. The van der Waals surface area contributed by atoms with E-state index in [-0.39, 0.29) is 0 Å². The third kappa shape index (κ3) is 3.93. The van der Waals surface area contributed by atoms with Crippen LogP contribution in [0.4, 0.5) is 0 Å². The van der Waals surface area contributed by atoms with Gasteiger partial charge in [0.1, 0.15) is 0 Å². The maximum Gasteiger partial charge on any atom is 0.0472 e. The van der Waals surface area contributed by atoms with Crippen LogP contribution >= 0.6 is 0 Å². The SMILES string of the molecule is CCNCC1(CN(CC2CC2)C2CC2)CCOCC1. The van der Waals surface area contributed by atoms with E-state index in [1.165, 1.54) is 58.2 Å². The molecule has 0 bridgehead atoms. The summed E-state index contributed by atoms with van der Waals surface area (Å²) >= 11 is 0. The van der Waals surface area contributed by atoms with Crippen molar-refractivity contribution in [2.75, 3.05) is 39.4 Å². The first kappa shape index (κ1) is 13.8. The Labute approximate surface area is 118 Å². The third-order valence-corrected chi connectivity index (χ3v) is 5.09. The fourth-order valence-electron chi connectivity index (χ4n) is 3.43. The summed E-state index contributed by atoms with van der Waals surface area (Å²) in [5, 5.41) is 3.61. The molecule has 0 atom stereocenters. The van der Waals surface area contributed by atoms with Crippen molar-refractivity contribution in [2.24, 2.45) is 11.3 Å². The van der Waals surface area contributed by atoms with Gasteiger partial charge < -0.3 is 10.1 Å². The number of nitrogens with zero attached hydrogens (tertiary/aromatic N) is 1. The third-order valence-electron chi connectivity index (χ3n) is 5.09. The number of hydrogen-bond acceptors (Lipinski definition) is 3. The van der Waals surface area contributed by atoms with Crippen LogP contribution in [0.3, 0.4) is 0 Å². The fraction of sp³-hybridized carbons (Fsp3) is 1.00. The van der Waals surface area contributed by atoms with E-state index in [0.29, 0.717) is 5.41 Å². The van der Waals surface area contributed by atoms with Crippen molar-refractivity contribution in [3.05, 3.63) is 0 Å². The zero-order valence-electron chi connectivity index (χ0n) is 12.5. The first-order valence-corrected chi connectivity index (χ1v) is 8.34. The Bertz CT molecular complexity index is 280. The molecule has 110 valence electrons. The van der Waals surface area contributed by atoms with Crippen LogP contribution in [-0.2, 0) is 4.74 Å². The van der Waals surface area contributed by atoms with Crippen LogP contribution in [-0.4, -0.2) is 50.3 Å². The van der Waals surface area contributed by atoms with E-state index in [1.54, 1.807) is 0 Å². The Kier molecular flexibility index (Phi) is 4.45. The second kappa shape index (κ2) is 6.11. The number of rotatable bonds is 8. The topological polar surface area (TPSA) is 24.5 Å². The second-order valence-electron chi connectivity index (χ2n) is 7.00. The van der Waals surface area contributed by atoms with Gasteiger partial charge in [0.15, 0.2) is 0 Å². The molecule has 1 aliphatic heterocycles. The molecule has 3 nitrogen and oxygen atoms in total. The molecule has 0 amide bonds. The van der Waals surface area contributed by atoms with E-state index in [2.05, 4.69) is 17.1 Å². The lowest BCUT2D eigenvalue weighted by Gasteiger charge is -2.41. The van der Waals surface area contributed by atoms with Crippen molar-refractivity contribution in [1.82, 2.24) is 10.2 Å². The van der Waals surface area contributed by atoms with Gasteiger partial charge >= 0.3 is 0 Å². The van der Waals surface area contributed by atoms with Gasteiger partial charge in [-0.2, -0.15) is 0 Å². The van der Waals surface area contributed by atoms with Crippen LogP contribution in [0.2, 0.25) is 0 Å². The van der Waals surface area contributed by atoms with Crippen molar-refractivity contribution in [3.8, 4) is 0 Å². The minimum Gasteiger partial charge on any atom is -0.381 e. The van der Waals surface area contributed by atoms with Crippen molar-refractivity contribution in [1.29, 1.82) is 0 Å². The molecule has 1 heterocycles. The van der Waals surface area contributed by atoms with Crippen LogP contribution in [0.25, 0.3) is 0 Å². The van der Waals surface area contributed by atoms with Gasteiger partial charge in [0.05, 0.1) is 0 Å². The Balaban J connectivity index is 1.59. The van der Waals surface area contributed by atoms with Crippen molar-refractivity contribution in [2.45, 2.75) is 51.5 Å². The van der Waals surface area contributed by atoms with Gasteiger partial charge in [0, 0.05) is 38.9 Å². The molecule has 0 unspecified atom stereocenters. The van der Waals surface area contributed by atoms with Gasteiger partial charge in [-0.25, -0.2) is 0 Å². The van der Waals surface area contributed by atoms with Crippen molar-refractivity contribution >= 4 is 0 Å². The Hall–Kier alpha value is -0.120.